The van der Waals surface area contributed by atoms with Crippen LogP contribution >= 0.6 is 11.8 Å². The zero-order valence-corrected chi connectivity index (χ0v) is 14.4. The van der Waals surface area contributed by atoms with Gasteiger partial charge in [-0.3, -0.25) is 4.79 Å². The number of fused-ring (bicyclic) bond motifs is 1. The first-order chi connectivity index (χ1) is 12.5. The van der Waals surface area contributed by atoms with E-state index in [-0.39, 0.29) is 23.2 Å². The molecular formula is C17H13F2N5OS. The number of carbonyl (C=O) groups is 1. The predicted octanol–water partition coefficient (Wildman–Crippen LogP) is 3.02. The summed E-state index contributed by atoms with van der Waals surface area (Å²) in [7, 11) is 0. The molecule has 132 valence electrons. The molecule has 26 heavy (non-hydrogen) atoms. The fraction of sp³-hybridized carbons (Fsp3) is 0.176. The Bertz CT molecular complexity index is 992. The van der Waals surface area contributed by atoms with E-state index < -0.39 is 16.9 Å². The summed E-state index contributed by atoms with van der Waals surface area (Å²) in [5, 5.41) is 6.62. The van der Waals surface area contributed by atoms with Crippen LogP contribution < -0.4 is 5.32 Å². The number of nitrogens with zero attached hydrogens (tertiary/aromatic N) is 4. The molecule has 1 aliphatic rings. The fourth-order valence-corrected chi connectivity index (χ4v) is 4.09. The monoisotopic (exact) mass is 373 g/mol. The van der Waals surface area contributed by atoms with Gasteiger partial charge in [-0.25, -0.2) is 18.7 Å². The van der Waals surface area contributed by atoms with Crippen LogP contribution in [0, 0.1) is 18.6 Å². The molecular weight excluding hydrogens is 360 g/mol. The van der Waals surface area contributed by atoms with Crippen LogP contribution in [0.25, 0.3) is 5.95 Å². The van der Waals surface area contributed by atoms with E-state index in [1.54, 1.807) is 25.4 Å². The number of aryl methyl sites for hydroxylation is 1. The number of halogens is 2. The van der Waals surface area contributed by atoms with Crippen molar-refractivity contribution in [2.45, 2.75) is 12.2 Å². The van der Waals surface area contributed by atoms with Crippen molar-refractivity contribution in [2.24, 2.45) is 0 Å². The minimum Gasteiger partial charge on any atom is -0.309 e. The molecule has 0 bridgehead atoms. The average Bonchev–Trinajstić information content (AvgIpc) is 2.84. The van der Waals surface area contributed by atoms with Gasteiger partial charge in [-0.15, -0.1) is 11.8 Å². The third-order valence-electron chi connectivity index (χ3n) is 3.99. The normalized spacial score (nSPS) is 16.7. The van der Waals surface area contributed by atoms with Crippen LogP contribution in [0.1, 0.15) is 22.1 Å². The number of aromatic nitrogens is 4. The molecule has 1 atom stereocenters. The Morgan fingerprint density at radius 2 is 2.04 bits per heavy atom. The minimum absolute atomic E-state index is 0.102. The maximum Gasteiger partial charge on any atom is 0.252 e. The highest BCUT2D eigenvalue weighted by atomic mass is 32.2. The highest BCUT2D eigenvalue weighted by Gasteiger charge is 2.32. The van der Waals surface area contributed by atoms with Crippen molar-refractivity contribution >= 4 is 23.5 Å². The highest BCUT2D eigenvalue weighted by molar-refractivity contribution is 8.00. The first kappa shape index (κ1) is 16.6. The van der Waals surface area contributed by atoms with Crippen LogP contribution in [0.5, 0.6) is 0 Å². The maximum atomic E-state index is 14.4. The van der Waals surface area contributed by atoms with E-state index in [9.17, 15) is 13.6 Å². The van der Waals surface area contributed by atoms with Crippen molar-refractivity contribution in [1.29, 1.82) is 0 Å². The summed E-state index contributed by atoms with van der Waals surface area (Å²) >= 11 is 1.22. The molecule has 0 saturated heterocycles. The second-order valence-electron chi connectivity index (χ2n) is 5.71. The predicted molar refractivity (Wildman–Crippen MR) is 93.2 cm³/mol. The quantitative estimate of drug-likeness (QED) is 0.748. The van der Waals surface area contributed by atoms with E-state index in [1.165, 1.54) is 16.4 Å². The summed E-state index contributed by atoms with van der Waals surface area (Å²) in [6.45, 7) is 1.75. The number of nitrogens with one attached hydrogen (secondary N) is 1. The first-order valence-electron chi connectivity index (χ1n) is 7.78. The lowest BCUT2D eigenvalue weighted by Gasteiger charge is -2.16. The lowest BCUT2D eigenvalue weighted by molar-refractivity contribution is -0.113. The standard InChI is InChI=1S/C17H13F2N5OS/c1-9-14-15(11-7-10(18)3-4-12(11)19)26-8-13(25)22-16(14)24(23-9)17-20-5-2-6-21-17/h2-7,15H,8H2,1H3,(H,22,25)/t15-/m1/s1. The van der Waals surface area contributed by atoms with Gasteiger partial charge in [0.05, 0.1) is 16.7 Å². The van der Waals surface area contributed by atoms with Crippen molar-refractivity contribution in [3.05, 3.63) is 65.1 Å². The van der Waals surface area contributed by atoms with Crippen molar-refractivity contribution in [3.63, 3.8) is 0 Å². The van der Waals surface area contributed by atoms with Gasteiger partial charge in [-0.2, -0.15) is 9.78 Å². The molecule has 0 saturated carbocycles. The summed E-state index contributed by atoms with van der Waals surface area (Å²) in [6, 6.07) is 4.98. The third kappa shape index (κ3) is 2.84. The van der Waals surface area contributed by atoms with E-state index in [2.05, 4.69) is 20.4 Å². The highest BCUT2D eigenvalue weighted by Crippen LogP contribution is 2.44. The van der Waals surface area contributed by atoms with Gasteiger partial charge in [0.1, 0.15) is 17.5 Å². The largest absolute Gasteiger partial charge is 0.309 e. The van der Waals surface area contributed by atoms with Crippen molar-refractivity contribution in [2.75, 3.05) is 11.1 Å². The van der Waals surface area contributed by atoms with Gasteiger partial charge < -0.3 is 5.32 Å². The van der Waals surface area contributed by atoms with E-state index in [1.807, 2.05) is 0 Å². The molecule has 1 aromatic carbocycles. The van der Waals surface area contributed by atoms with Gasteiger partial charge in [-0.1, -0.05) is 0 Å². The molecule has 1 amide bonds. The Kier molecular flexibility index (Phi) is 4.15. The second kappa shape index (κ2) is 6.49. The summed E-state index contributed by atoms with van der Waals surface area (Å²) in [5.41, 5.74) is 1.36. The maximum absolute atomic E-state index is 14.4. The molecule has 3 aromatic rings. The first-order valence-corrected chi connectivity index (χ1v) is 8.83. The smallest absolute Gasteiger partial charge is 0.252 e. The van der Waals surface area contributed by atoms with Gasteiger partial charge in [0.2, 0.25) is 5.91 Å². The number of hydrogen-bond donors (Lipinski definition) is 1. The summed E-state index contributed by atoms with van der Waals surface area (Å²) in [5.74, 6) is -0.576. The second-order valence-corrected chi connectivity index (χ2v) is 6.81. The fourth-order valence-electron chi connectivity index (χ4n) is 2.89. The number of thioether (sulfide) groups is 1. The zero-order valence-electron chi connectivity index (χ0n) is 13.6. The van der Waals surface area contributed by atoms with E-state index >= 15 is 0 Å². The Morgan fingerprint density at radius 3 is 2.81 bits per heavy atom. The third-order valence-corrected chi connectivity index (χ3v) is 5.24. The van der Waals surface area contributed by atoms with Gasteiger partial charge in [-0.05, 0) is 31.2 Å². The van der Waals surface area contributed by atoms with Crippen LogP contribution in [-0.2, 0) is 4.79 Å². The van der Waals surface area contributed by atoms with Crippen LogP contribution in [0.15, 0.2) is 36.7 Å². The Labute approximate surface area is 151 Å². The molecule has 0 unspecified atom stereocenters. The average molecular weight is 373 g/mol. The topological polar surface area (TPSA) is 72.7 Å². The number of amides is 1. The molecule has 9 heteroatoms. The number of rotatable bonds is 2. The molecule has 6 nitrogen and oxygen atoms in total. The molecule has 0 spiro atoms. The number of benzene rings is 1. The lowest BCUT2D eigenvalue weighted by atomic mass is 10.0. The summed E-state index contributed by atoms with van der Waals surface area (Å²) < 4.78 is 29.5. The van der Waals surface area contributed by atoms with Crippen LogP contribution in [0.3, 0.4) is 0 Å². The molecule has 1 N–H and O–H groups in total. The molecule has 3 heterocycles. The van der Waals surface area contributed by atoms with Gasteiger partial charge >= 0.3 is 0 Å². The van der Waals surface area contributed by atoms with E-state index in [0.29, 0.717) is 17.1 Å². The van der Waals surface area contributed by atoms with Gasteiger partial charge in [0.25, 0.3) is 5.95 Å². The van der Waals surface area contributed by atoms with E-state index in [0.717, 1.165) is 18.2 Å². The number of carbonyl (C=O) groups excluding carboxylic acids is 1. The summed E-state index contributed by atoms with van der Waals surface area (Å²) in [6.07, 6.45) is 3.12. The Morgan fingerprint density at radius 1 is 1.27 bits per heavy atom. The molecule has 0 aliphatic carbocycles. The number of hydrogen-bond acceptors (Lipinski definition) is 5. The molecule has 1 aliphatic heterocycles. The molecule has 0 radical (unpaired) electrons. The molecule has 0 fully saturated rings. The summed E-state index contributed by atoms with van der Waals surface area (Å²) in [4.78, 5) is 20.5. The Hall–Kier alpha value is -2.81. The van der Waals surface area contributed by atoms with Gasteiger partial charge in [0, 0.05) is 23.5 Å². The minimum atomic E-state index is -0.586. The number of anilines is 1. The van der Waals surface area contributed by atoms with E-state index in [4.69, 9.17) is 0 Å². The molecule has 4 rings (SSSR count). The SMILES string of the molecule is Cc1nn(-c2ncccn2)c2c1[C@@H](c1cc(F)ccc1F)SCC(=O)N2. The van der Waals surface area contributed by atoms with Crippen LogP contribution in [0.4, 0.5) is 14.6 Å². The zero-order chi connectivity index (χ0) is 18.3. The van der Waals surface area contributed by atoms with Crippen molar-refractivity contribution in [1.82, 2.24) is 19.7 Å². The Balaban J connectivity index is 1.93. The van der Waals surface area contributed by atoms with Crippen molar-refractivity contribution < 1.29 is 13.6 Å². The van der Waals surface area contributed by atoms with Crippen molar-refractivity contribution in [3.8, 4) is 5.95 Å². The molecule has 2 aromatic heterocycles. The van der Waals surface area contributed by atoms with Gasteiger partial charge in [0.15, 0.2) is 0 Å². The lowest BCUT2D eigenvalue weighted by Crippen LogP contribution is -2.16. The van der Waals surface area contributed by atoms with Crippen LogP contribution in [0.2, 0.25) is 0 Å². The van der Waals surface area contributed by atoms with Crippen LogP contribution in [-0.4, -0.2) is 31.4 Å².